The molecule has 0 aromatic heterocycles. The lowest BCUT2D eigenvalue weighted by molar-refractivity contribution is 0.100. The minimum absolute atomic E-state index is 0.280. The number of amides is 1. The molecule has 0 aliphatic carbocycles. The number of carbonyl (C=O) groups excluding carboxylic acids is 1. The maximum absolute atomic E-state index is 12.2. The summed E-state index contributed by atoms with van der Waals surface area (Å²) in [5.41, 5.74) is 6.05. The Bertz CT molecular complexity index is 785. The third kappa shape index (κ3) is 4.13. The molecular formula is C14H12Cl2N2O3S. The van der Waals surface area contributed by atoms with Crippen molar-refractivity contribution in [1.82, 2.24) is 0 Å². The van der Waals surface area contributed by atoms with Crippen molar-refractivity contribution in [2.75, 3.05) is 4.72 Å². The van der Waals surface area contributed by atoms with Crippen LogP contribution in [0.4, 0.5) is 5.69 Å². The van der Waals surface area contributed by atoms with Gasteiger partial charge in [0, 0.05) is 26.9 Å². The number of sulfonamides is 1. The van der Waals surface area contributed by atoms with E-state index in [1.165, 1.54) is 24.3 Å². The molecule has 22 heavy (non-hydrogen) atoms. The Balaban J connectivity index is 2.19. The Morgan fingerprint density at radius 2 is 1.59 bits per heavy atom. The van der Waals surface area contributed by atoms with Gasteiger partial charge in [0.15, 0.2) is 0 Å². The van der Waals surface area contributed by atoms with Crippen molar-refractivity contribution in [1.29, 1.82) is 0 Å². The van der Waals surface area contributed by atoms with Gasteiger partial charge >= 0.3 is 0 Å². The number of anilines is 1. The number of primary amides is 1. The molecule has 0 radical (unpaired) electrons. The topological polar surface area (TPSA) is 89.3 Å². The van der Waals surface area contributed by atoms with Gasteiger partial charge < -0.3 is 5.73 Å². The van der Waals surface area contributed by atoms with E-state index in [4.69, 9.17) is 28.9 Å². The molecule has 0 unspecified atom stereocenters. The average molecular weight is 359 g/mol. The Labute approximate surface area is 138 Å². The highest BCUT2D eigenvalue weighted by molar-refractivity contribution is 7.91. The molecular weight excluding hydrogens is 347 g/mol. The second-order valence-electron chi connectivity index (χ2n) is 4.50. The smallest absolute Gasteiger partial charge is 0.248 e. The fourth-order valence-corrected chi connectivity index (χ4v) is 3.73. The van der Waals surface area contributed by atoms with Gasteiger partial charge in [-0.05, 0) is 36.4 Å². The normalized spacial score (nSPS) is 11.2. The van der Waals surface area contributed by atoms with E-state index in [0.29, 0.717) is 11.3 Å². The molecule has 116 valence electrons. The zero-order valence-corrected chi connectivity index (χ0v) is 13.5. The van der Waals surface area contributed by atoms with Crippen LogP contribution in [0.5, 0.6) is 0 Å². The lowest BCUT2D eigenvalue weighted by Crippen LogP contribution is -2.16. The molecule has 0 heterocycles. The Morgan fingerprint density at radius 1 is 1.05 bits per heavy atom. The summed E-state index contributed by atoms with van der Waals surface area (Å²) < 4.78 is 26.7. The second-order valence-corrected chi connectivity index (χ2v) is 7.04. The SMILES string of the molecule is NC(=O)c1ccc(NS(=O)(=O)Cc2c(Cl)cccc2Cl)cc1. The second kappa shape index (κ2) is 6.56. The summed E-state index contributed by atoms with van der Waals surface area (Å²) in [6.45, 7) is 0. The molecule has 5 nitrogen and oxygen atoms in total. The van der Waals surface area contributed by atoms with Gasteiger partial charge in [0.05, 0.1) is 5.75 Å². The van der Waals surface area contributed by atoms with E-state index >= 15 is 0 Å². The Morgan fingerprint density at radius 3 is 2.09 bits per heavy atom. The van der Waals surface area contributed by atoms with Crippen LogP contribution in [0.3, 0.4) is 0 Å². The number of rotatable bonds is 5. The molecule has 3 N–H and O–H groups in total. The Kier molecular flexibility index (Phi) is 4.95. The molecule has 2 aromatic rings. The number of benzene rings is 2. The molecule has 0 bridgehead atoms. The van der Waals surface area contributed by atoms with E-state index in [-0.39, 0.29) is 21.4 Å². The number of hydrogen-bond acceptors (Lipinski definition) is 3. The number of halogens is 2. The van der Waals surface area contributed by atoms with E-state index in [1.807, 2.05) is 0 Å². The first-order valence-electron chi connectivity index (χ1n) is 6.12. The van der Waals surface area contributed by atoms with E-state index in [1.54, 1.807) is 18.2 Å². The van der Waals surface area contributed by atoms with E-state index in [2.05, 4.69) is 4.72 Å². The largest absolute Gasteiger partial charge is 0.366 e. The number of carbonyl (C=O) groups is 1. The third-order valence-electron chi connectivity index (χ3n) is 2.84. The summed E-state index contributed by atoms with van der Waals surface area (Å²) in [4.78, 5) is 11.0. The van der Waals surface area contributed by atoms with Gasteiger partial charge in [-0.15, -0.1) is 0 Å². The monoisotopic (exact) mass is 358 g/mol. The van der Waals surface area contributed by atoms with Crippen molar-refractivity contribution < 1.29 is 13.2 Å². The standard InChI is InChI=1S/C14H12Cl2N2O3S/c15-12-2-1-3-13(16)11(12)8-22(20,21)18-10-6-4-9(5-7-10)14(17)19/h1-7,18H,8H2,(H2,17,19). The maximum Gasteiger partial charge on any atom is 0.248 e. The van der Waals surface area contributed by atoms with Crippen molar-refractivity contribution in [3.05, 3.63) is 63.6 Å². The average Bonchev–Trinajstić information content (AvgIpc) is 2.43. The van der Waals surface area contributed by atoms with Crippen LogP contribution in [0.2, 0.25) is 10.0 Å². The van der Waals surface area contributed by atoms with Gasteiger partial charge in [0.1, 0.15) is 0 Å². The van der Waals surface area contributed by atoms with Gasteiger partial charge in [-0.2, -0.15) is 0 Å². The molecule has 0 spiro atoms. The molecule has 8 heteroatoms. The van der Waals surface area contributed by atoms with Gasteiger partial charge in [0.25, 0.3) is 0 Å². The van der Waals surface area contributed by atoms with Crippen molar-refractivity contribution in [3.63, 3.8) is 0 Å². The zero-order valence-electron chi connectivity index (χ0n) is 11.2. The maximum atomic E-state index is 12.2. The van der Waals surface area contributed by atoms with Crippen LogP contribution in [-0.4, -0.2) is 14.3 Å². The van der Waals surface area contributed by atoms with Crippen LogP contribution in [0.25, 0.3) is 0 Å². The first kappa shape index (κ1) is 16.6. The van der Waals surface area contributed by atoms with Gasteiger partial charge in [-0.1, -0.05) is 29.3 Å². The number of nitrogens with one attached hydrogen (secondary N) is 1. The van der Waals surface area contributed by atoms with Crippen LogP contribution < -0.4 is 10.5 Å². The van der Waals surface area contributed by atoms with E-state index in [9.17, 15) is 13.2 Å². The van der Waals surface area contributed by atoms with E-state index in [0.717, 1.165) is 0 Å². The van der Waals surface area contributed by atoms with E-state index < -0.39 is 15.9 Å². The quantitative estimate of drug-likeness (QED) is 0.860. The van der Waals surface area contributed by atoms with Gasteiger partial charge in [-0.25, -0.2) is 8.42 Å². The molecule has 0 saturated heterocycles. The molecule has 0 aliphatic rings. The molecule has 0 saturated carbocycles. The number of hydrogen-bond donors (Lipinski definition) is 2. The van der Waals surface area contributed by atoms with Crippen molar-refractivity contribution in [3.8, 4) is 0 Å². The lowest BCUT2D eigenvalue weighted by Gasteiger charge is -2.10. The predicted molar refractivity (Wildman–Crippen MR) is 87.7 cm³/mol. The van der Waals surface area contributed by atoms with Crippen LogP contribution in [0, 0.1) is 0 Å². The first-order valence-corrected chi connectivity index (χ1v) is 8.52. The van der Waals surface area contributed by atoms with Crippen LogP contribution >= 0.6 is 23.2 Å². The van der Waals surface area contributed by atoms with Crippen molar-refractivity contribution >= 4 is 44.8 Å². The summed E-state index contributed by atoms with van der Waals surface area (Å²) in [5, 5.41) is 0.559. The molecule has 1 amide bonds. The summed E-state index contributed by atoms with van der Waals surface area (Å²) in [7, 11) is -3.70. The van der Waals surface area contributed by atoms with Crippen molar-refractivity contribution in [2.45, 2.75) is 5.75 Å². The van der Waals surface area contributed by atoms with Crippen molar-refractivity contribution in [2.24, 2.45) is 5.73 Å². The van der Waals surface area contributed by atoms with Crippen LogP contribution in [0.15, 0.2) is 42.5 Å². The lowest BCUT2D eigenvalue weighted by atomic mass is 10.2. The minimum atomic E-state index is -3.70. The highest BCUT2D eigenvalue weighted by Gasteiger charge is 2.16. The molecule has 0 fully saturated rings. The van der Waals surface area contributed by atoms with Crippen LogP contribution in [-0.2, 0) is 15.8 Å². The zero-order chi connectivity index (χ0) is 16.3. The molecule has 2 rings (SSSR count). The summed E-state index contributed by atoms with van der Waals surface area (Å²) >= 11 is 11.9. The number of nitrogens with two attached hydrogens (primary N) is 1. The fourth-order valence-electron chi connectivity index (χ4n) is 1.78. The minimum Gasteiger partial charge on any atom is -0.366 e. The summed E-state index contributed by atoms with van der Waals surface area (Å²) in [6, 6.07) is 10.5. The highest BCUT2D eigenvalue weighted by atomic mass is 35.5. The summed E-state index contributed by atoms with van der Waals surface area (Å²) in [6.07, 6.45) is 0. The van der Waals surface area contributed by atoms with Crippen LogP contribution in [0.1, 0.15) is 15.9 Å². The van der Waals surface area contributed by atoms with Gasteiger partial charge in [-0.3, -0.25) is 9.52 Å². The Hall–Kier alpha value is -1.76. The molecule has 0 aliphatic heterocycles. The third-order valence-corrected chi connectivity index (χ3v) is 4.76. The molecule has 2 aromatic carbocycles. The predicted octanol–water partition coefficient (Wildman–Crippen LogP) is 3.03. The first-order chi connectivity index (χ1) is 10.3. The summed E-state index contributed by atoms with van der Waals surface area (Å²) in [5.74, 6) is -0.944. The fraction of sp³-hybridized carbons (Fsp3) is 0.0714. The van der Waals surface area contributed by atoms with Gasteiger partial charge in [0.2, 0.25) is 15.9 Å². The highest BCUT2D eigenvalue weighted by Crippen LogP contribution is 2.26. The molecule has 0 atom stereocenters.